The summed E-state index contributed by atoms with van der Waals surface area (Å²) < 4.78 is 33.2. The van der Waals surface area contributed by atoms with Gasteiger partial charge in [0.1, 0.15) is 34.4 Å². The minimum absolute atomic E-state index is 0.0569. The Hall–Kier alpha value is -6.04. The second kappa shape index (κ2) is 14.1. The molecule has 2 heterocycles. The van der Waals surface area contributed by atoms with Gasteiger partial charge in [-0.1, -0.05) is 37.4 Å². The number of benzene rings is 2. The number of carbonyl (C=O) groups is 4. The van der Waals surface area contributed by atoms with E-state index < -0.39 is 46.1 Å². The molecule has 0 N–H and O–H groups in total. The summed E-state index contributed by atoms with van der Waals surface area (Å²) >= 11 is 0. The van der Waals surface area contributed by atoms with Crippen LogP contribution in [0.1, 0.15) is 73.7 Å². The highest BCUT2D eigenvalue weighted by Crippen LogP contribution is 2.63. The smallest absolute Gasteiger partial charge is 0.344 e. The first-order valence-corrected chi connectivity index (χ1v) is 17.7. The fraction of sp³-hybridized carbons (Fsp3) is 0.333. The Labute approximate surface area is 309 Å². The van der Waals surface area contributed by atoms with Crippen molar-refractivity contribution in [1.82, 2.24) is 0 Å². The third kappa shape index (κ3) is 7.41. The topological polar surface area (TPSA) is 166 Å². The quantitative estimate of drug-likeness (QED) is 0.0907. The van der Waals surface area contributed by atoms with Gasteiger partial charge in [-0.2, -0.15) is 0 Å². The summed E-state index contributed by atoms with van der Waals surface area (Å²) in [4.78, 5) is 76.9. The Morgan fingerprint density at radius 3 is 2.17 bits per heavy atom. The van der Waals surface area contributed by atoms with Crippen molar-refractivity contribution < 1.29 is 47.0 Å². The zero-order chi connectivity index (χ0) is 38.4. The number of ether oxygens (including phenoxy) is 4. The summed E-state index contributed by atoms with van der Waals surface area (Å²) in [5.74, 6) is -1.25. The van der Waals surface area contributed by atoms with E-state index in [1.54, 1.807) is 43.3 Å². The van der Waals surface area contributed by atoms with E-state index in [1.807, 2.05) is 0 Å². The van der Waals surface area contributed by atoms with E-state index in [4.69, 9.17) is 27.8 Å². The molecule has 54 heavy (non-hydrogen) atoms. The third-order valence-electron chi connectivity index (χ3n) is 10.4. The molecule has 4 bridgehead atoms. The molecule has 0 aliphatic heterocycles. The fourth-order valence-corrected chi connectivity index (χ4v) is 8.62. The lowest BCUT2D eigenvalue weighted by Crippen LogP contribution is -2.60. The largest absolute Gasteiger partial charge is 0.456 e. The maximum atomic E-state index is 13.6. The van der Waals surface area contributed by atoms with E-state index >= 15 is 0 Å². The SMILES string of the molecule is C=C(C)C(=O)Oc1cccc2c(C(=O)Oc3cc(CCC(=C)C(=O)OC45CC6CC(C4)CC(C(=O)Oc4cc(C)oc(=O)c4)(C6)C5)oc(=O)c3)cccc12. The van der Waals surface area contributed by atoms with Gasteiger partial charge in [-0.3, -0.25) is 4.79 Å². The van der Waals surface area contributed by atoms with Gasteiger partial charge in [0.05, 0.1) is 23.1 Å². The molecule has 12 nitrogen and oxygen atoms in total. The molecule has 4 aliphatic carbocycles. The van der Waals surface area contributed by atoms with Crippen LogP contribution >= 0.6 is 0 Å². The van der Waals surface area contributed by atoms with E-state index in [0.717, 1.165) is 18.6 Å². The molecule has 4 saturated carbocycles. The predicted molar refractivity (Wildman–Crippen MR) is 193 cm³/mol. The van der Waals surface area contributed by atoms with Gasteiger partial charge in [0.15, 0.2) is 0 Å². The van der Waals surface area contributed by atoms with Crippen LogP contribution in [0.2, 0.25) is 0 Å². The second-order valence-corrected chi connectivity index (χ2v) is 14.8. The van der Waals surface area contributed by atoms with Crippen molar-refractivity contribution in [2.45, 2.75) is 70.8 Å². The zero-order valence-corrected chi connectivity index (χ0v) is 29.9. The number of hydrogen-bond donors (Lipinski definition) is 0. The number of rotatable bonds is 11. The highest BCUT2D eigenvalue weighted by atomic mass is 16.6. The molecule has 2 aromatic heterocycles. The molecule has 0 radical (unpaired) electrons. The van der Waals surface area contributed by atoms with E-state index in [2.05, 4.69) is 13.2 Å². The molecule has 2 atom stereocenters. The van der Waals surface area contributed by atoms with E-state index in [0.29, 0.717) is 48.6 Å². The normalized spacial score (nSPS) is 22.3. The van der Waals surface area contributed by atoms with Crippen molar-refractivity contribution >= 4 is 34.6 Å². The Balaban J connectivity index is 1.00. The van der Waals surface area contributed by atoms with Crippen LogP contribution in [0.5, 0.6) is 17.2 Å². The molecule has 8 rings (SSSR count). The second-order valence-electron chi connectivity index (χ2n) is 14.8. The Morgan fingerprint density at radius 1 is 0.796 bits per heavy atom. The van der Waals surface area contributed by atoms with Crippen LogP contribution in [0.25, 0.3) is 10.8 Å². The molecule has 4 fully saturated rings. The lowest BCUT2D eigenvalue weighted by molar-refractivity contribution is -0.206. The molecule has 4 aromatic rings. The molecule has 12 heteroatoms. The lowest BCUT2D eigenvalue weighted by Gasteiger charge is -2.59. The molecular weight excluding hydrogens is 696 g/mol. The van der Waals surface area contributed by atoms with Crippen molar-refractivity contribution in [2.75, 3.05) is 0 Å². The zero-order valence-electron chi connectivity index (χ0n) is 29.9. The van der Waals surface area contributed by atoms with Crippen molar-refractivity contribution in [1.29, 1.82) is 0 Å². The van der Waals surface area contributed by atoms with Crippen LogP contribution in [0, 0.1) is 24.2 Å². The Bertz CT molecular complexity index is 2350. The average molecular weight is 735 g/mol. The van der Waals surface area contributed by atoms with Crippen LogP contribution in [0.15, 0.2) is 103 Å². The average Bonchev–Trinajstić information content (AvgIpc) is 3.09. The van der Waals surface area contributed by atoms with Gasteiger partial charge in [0, 0.05) is 41.5 Å². The van der Waals surface area contributed by atoms with Crippen molar-refractivity contribution in [3.05, 3.63) is 123 Å². The summed E-state index contributed by atoms with van der Waals surface area (Å²) in [6.07, 6.45) is 3.92. The molecule has 0 amide bonds. The number of esters is 4. The monoisotopic (exact) mass is 734 g/mol. The standard InChI is InChI=1S/C42H38O12/c1-23(2)37(45)53-34-10-6-7-31-32(34)8-5-9-33(31)39(47)51-30-15-28(50-36(44)17-30)12-11-24(3)38(46)54-42-20-26-14-27(21-42)19-41(18-26,22-42)40(48)52-29-13-25(4)49-35(43)16-29/h5-10,13,15-17,26-27H,1,3,11-12,14,18-22H2,2,4H3. The Kier molecular flexibility index (Phi) is 9.47. The van der Waals surface area contributed by atoms with Crippen LogP contribution < -0.4 is 25.5 Å². The molecule has 4 aliphatic rings. The highest BCUT2D eigenvalue weighted by molar-refractivity contribution is 6.07. The highest BCUT2D eigenvalue weighted by Gasteiger charge is 2.63. The fourth-order valence-electron chi connectivity index (χ4n) is 8.62. The Morgan fingerprint density at radius 2 is 1.46 bits per heavy atom. The minimum atomic E-state index is -0.857. The van der Waals surface area contributed by atoms with Gasteiger partial charge in [-0.05, 0) is 81.7 Å². The first-order chi connectivity index (χ1) is 25.7. The van der Waals surface area contributed by atoms with Gasteiger partial charge < -0.3 is 27.8 Å². The van der Waals surface area contributed by atoms with E-state index in [1.165, 1.54) is 19.1 Å². The van der Waals surface area contributed by atoms with Crippen LogP contribution in [-0.2, 0) is 25.5 Å². The summed E-state index contributed by atoms with van der Waals surface area (Å²) in [5.41, 5.74) is -2.53. The van der Waals surface area contributed by atoms with Crippen molar-refractivity contribution in [3.63, 3.8) is 0 Å². The molecule has 2 aromatic carbocycles. The van der Waals surface area contributed by atoms with Gasteiger partial charge in [-0.15, -0.1) is 0 Å². The van der Waals surface area contributed by atoms with E-state index in [9.17, 15) is 28.8 Å². The van der Waals surface area contributed by atoms with Crippen molar-refractivity contribution in [3.8, 4) is 17.2 Å². The summed E-state index contributed by atoms with van der Waals surface area (Å²) in [6, 6.07) is 14.9. The third-order valence-corrected chi connectivity index (χ3v) is 10.4. The van der Waals surface area contributed by atoms with Crippen LogP contribution in [0.3, 0.4) is 0 Å². The first-order valence-electron chi connectivity index (χ1n) is 17.7. The summed E-state index contributed by atoms with van der Waals surface area (Å²) in [7, 11) is 0. The van der Waals surface area contributed by atoms with Crippen LogP contribution in [-0.4, -0.2) is 29.5 Å². The number of hydrogen-bond acceptors (Lipinski definition) is 12. The number of aryl methyl sites for hydroxylation is 2. The molecule has 0 spiro atoms. The predicted octanol–water partition coefficient (Wildman–Crippen LogP) is 6.73. The molecule has 278 valence electrons. The number of carbonyl (C=O) groups excluding carboxylic acids is 4. The molecule has 0 saturated heterocycles. The maximum Gasteiger partial charge on any atom is 0.344 e. The van der Waals surface area contributed by atoms with Crippen LogP contribution in [0.4, 0.5) is 0 Å². The minimum Gasteiger partial charge on any atom is -0.456 e. The first kappa shape index (κ1) is 36.3. The van der Waals surface area contributed by atoms with Gasteiger partial charge in [-0.25, -0.2) is 24.0 Å². The lowest BCUT2D eigenvalue weighted by atomic mass is 9.48. The van der Waals surface area contributed by atoms with Crippen molar-refractivity contribution in [2.24, 2.45) is 17.3 Å². The summed E-state index contributed by atoms with van der Waals surface area (Å²) in [5, 5.41) is 0.969. The number of fused-ring (bicyclic) bond motifs is 1. The molecule has 2 unspecified atom stereocenters. The van der Waals surface area contributed by atoms with Gasteiger partial charge in [0.2, 0.25) is 0 Å². The summed E-state index contributed by atoms with van der Waals surface area (Å²) in [6.45, 7) is 10.7. The van der Waals surface area contributed by atoms with Gasteiger partial charge >= 0.3 is 35.1 Å². The van der Waals surface area contributed by atoms with E-state index in [-0.39, 0.29) is 64.4 Å². The molecular formula is C42H38O12. The van der Waals surface area contributed by atoms with Gasteiger partial charge in [0.25, 0.3) is 0 Å². The maximum absolute atomic E-state index is 13.6.